The SMILES string of the molecule is COC(=O)c1csc(NC(=O)[C@H]([C@@H](C)c2ccccc2)N2C(=O)NC(c3ccc(O)cc3)C2=O)n1. The quantitative estimate of drug-likeness (QED) is 0.339. The van der Waals surface area contributed by atoms with E-state index < -0.39 is 41.8 Å². The minimum absolute atomic E-state index is 0.0205. The zero-order valence-electron chi connectivity index (χ0n) is 18.8. The van der Waals surface area contributed by atoms with Crippen LogP contribution in [0, 0.1) is 0 Å². The average Bonchev–Trinajstić information content (AvgIpc) is 3.44. The van der Waals surface area contributed by atoms with Gasteiger partial charge >= 0.3 is 12.0 Å². The molecule has 1 unspecified atom stereocenters. The molecule has 180 valence electrons. The number of hydrogen-bond acceptors (Lipinski definition) is 8. The fraction of sp³-hybridized carbons (Fsp3) is 0.208. The standard InChI is InChI=1S/C24H22N4O6S/c1-13(14-6-4-3-5-7-14)19(20(30)27-23-25-17(12-35-23)22(32)34-2)28-21(31)18(26-24(28)33)15-8-10-16(29)11-9-15/h3-13,18-19,29H,1-2H3,(H,26,33)(H,25,27,30)/t13-,18?,19-/m0/s1. The fourth-order valence-corrected chi connectivity index (χ4v) is 4.55. The number of esters is 1. The number of phenols is 1. The van der Waals surface area contributed by atoms with Crippen LogP contribution in [0.25, 0.3) is 0 Å². The number of hydrogen-bond donors (Lipinski definition) is 3. The van der Waals surface area contributed by atoms with Gasteiger partial charge in [-0.05, 0) is 23.3 Å². The molecule has 11 heteroatoms. The number of ether oxygens (including phenoxy) is 1. The van der Waals surface area contributed by atoms with Crippen molar-refractivity contribution in [3.8, 4) is 5.75 Å². The zero-order valence-corrected chi connectivity index (χ0v) is 19.6. The molecule has 1 saturated heterocycles. The number of aromatic hydroxyl groups is 1. The van der Waals surface area contributed by atoms with E-state index in [1.807, 2.05) is 6.07 Å². The van der Waals surface area contributed by atoms with Gasteiger partial charge in [0.25, 0.3) is 5.91 Å². The van der Waals surface area contributed by atoms with E-state index >= 15 is 0 Å². The van der Waals surface area contributed by atoms with E-state index in [9.17, 15) is 24.3 Å². The Labute approximate surface area is 204 Å². The molecule has 4 rings (SSSR count). The summed E-state index contributed by atoms with van der Waals surface area (Å²) in [5.41, 5.74) is 1.25. The number of thiazole rings is 1. The summed E-state index contributed by atoms with van der Waals surface area (Å²) in [5, 5.41) is 16.4. The fourth-order valence-electron chi connectivity index (χ4n) is 3.87. The van der Waals surface area contributed by atoms with Gasteiger partial charge in [0.2, 0.25) is 5.91 Å². The zero-order chi connectivity index (χ0) is 25.1. The van der Waals surface area contributed by atoms with Crippen molar-refractivity contribution < 1.29 is 29.0 Å². The van der Waals surface area contributed by atoms with Gasteiger partial charge in [-0.3, -0.25) is 9.59 Å². The third kappa shape index (κ3) is 4.85. The molecular weight excluding hydrogens is 472 g/mol. The molecule has 1 fully saturated rings. The van der Waals surface area contributed by atoms with Crippen molar-refractivity contribution in [3.05, 3.63) is 76.8 Å². The molecule has 2 heterocycles. The van der Waals surface area contributed by atoms with Crippen molar-refractivity contribution in [1.29, 1.82) is 0 Å². The van der Waals surface area contributed by atoms with Gasteiger partial charge in [0.05, 0.1) is 7.11 Å². The topological polar surface area (TPSA) is 138 Å². The number of imide groups is 1. The normalized spacial score (nSPS) is 17.0. The maximum atomic E-state index is 13.5. The summed E-state index contributed by atoms with van der Waals surface area (Å²) in [6.07, 6.45) is 0. The average molecular weight is 495 g/mol. The lowest BCUT2D eigenvalue weighted by atomic mass is 9.91. The van der Waals surface area contributed by atoms with Crippen LogP contribution in [-0.4, -0.2) is 52.0 Å². The molecule has 3 aromatic rings. The number of amides is 4. The molecule has 0 aliphatic carbocycles. The molecule has 0 radical (unpaired) electrons. The number of carbonyl (C=O) groups excluding carboxylic acids is 4. The highest BCUT2D eigenvalue weighted by Gasteiger charge is 2.47. The minimum Gasteiger partial charge on any atom is -0.508 e. The Balaban J connectivity index is 1.66. The molecule has 0 saturated carbocycles. The molecule has 2 aromatic carbocycles. The number of rotatable bonds is 7. The van der Waals surface area contributed by atoms with Crippen LogP contribution in [0.15, 0.2) is 60.0 Å². The second-order valence-electron chi connectivity index (χ2n) is 7.85. The van der Waals surface area contributed by atoms with Crippen LogP contribution in [0.3, 0.4) is 0 Å². The Morgan fingerprint density at radius 3 is 2.49 bits per heavy atom. The van der Waals surface area contributed by atoms with Crippen molar-refractivity contribution in [1.82, 2.24) is 15.2 Å². The molecular formula is C24H22N4O6S. The molecule has 4 amide bonds. The molecule has 0 spiro atoms. The van der Waals surface area contributed by atoms with E-state index in [2.05, 4.69) is 20.4 Å². The molecule has 35 heavy (non-hydrogen) atoms. The Morgan fingerprint density at radius 1 is 1.14 bits per heavy atom. The molecule has 1 aliphatic heterocycles. The number of carbonyl (C=O) groups is 4. The highest BCUT2D eigenvalue weighted by atomic mass is 32.1. The Bertz CT molecular complexity index is 1260. The summed E-state index contributed by atoms with van der Waals surface area (Å²) in [4.78, 5) is 56.5. The highest BCUT2D eigenvalue weighted by molar-refractivity contribution is 7.14. The summed E-state index contributed by atoms with van der Waals surface area (Å²) in [6, 6.07) is 12.0. The lowest BCUT2D eigenvalue weighted by molar-refractivity contribution is -0.134. The van der Waals surface area contributed by atoms with E-state index in [-0.39, 0.29) is 16.6 Å². The number of urea groups is 1. The van der Waals surface area contributed by atoms with Crippen LogP contribution in [0.5, 0.6) is 5.75 Å². The third-order valence-electron chi connectivity index (χ3n) is 5.67. The molecule has 3 N–H and O–H groups in total. The lowest BCUT2D eigenvalue weighted by Gasteiger charge is -2.29. The molecule has 1 aliphatic rings. The monoisotopic (exact) mass is 494 g/mol. The summed E-state index contributed by atoms with van der Waals surface area (Å²) in [5.74, 6) is -2.43. The second-order valence-corrected chi connectivity index (χ2v) is 8.70. The van der Waals surface area contributed by atoms with Gasteiger partial charge in [-0.1, -0.05) is 49.4 Å². The van der Waals surface area contributed by atoms with Gasteiger partial charge in [-0.25, -0.2) is 19.5 Å². The lowest BCUT2D eigenvalue weighted by Crippen LogP contribution is -2.50. The second kappa shape index (κ2) is 9.94. The number of methoxy groups -OCH3 is 1. The number of benzene rings is 2. The van der Waals surface area contributed by atoms with Gasteiger partial charge in [-0.15, -0.1) is 11.3 Å². The van der Waals surface area contributed by atoms with Crippen LogP contribution in [0.2, 0.25) is 0 Å². The minimum atomic E-state index is -1.21. The highest BCUT2D eigenvalue weighted by Crippen LogP contribution is 2.31. The summed E-state index contributed by atoms with van der Waals surface area (Å²) < 4.78 is 4.64. The van der Waals surface area contributed by atoms with E-state index in [0.717, 1.165) is 21.8 Å². The first-order chi connectivity index (χ1) is 16.8. The number of anilines is 1. The predicted octanol–water partition coefficient (Wildman–Crippen LogP) is 3.04. The Kier molecular flexibility index (Phi) is 6.78. The predicted molar refractivity (Wildman–Crippen MR) is 127 cm³/mol. The molecule has 1 aromatic heterocycles. The summed E-state index contributed by atoms with van der Waals surface area (Å²) in [7, 11) is 1.22. The van der Waals surface area contributed by atoms with E-state index in [1.165, 1.54) is 36.8 Å². The van der Waals surface area contributed by atoms with Crippen LogP contribution < -0.4 is 10.6 Å². The molecule has 3 atom stereocenters. The first-order valence-corrected chi connectivity index (χ1v) is 11.5. The van der Waals surface area contributed by atoms with Crippen molar-refractivity contribution in [2.45, 2.75) is 24.9 Å². The van der Waals surface area contributed by atoms with Crippen molar-refractivity contribution in [3.63, 3.8) is 0 Å². The number of nitrogens with one attached hydrogen (secondary N) is 2. The van der Waals surface area contributed by atoms with E-state index in [4.69, 9.17) is 0 Å². The van der Waals surface area contributed by atoms with Crippen molar-refractivity contribution >= 4 is 40.3 Å². The molecule has 10 nitrogen and oxygen atoms in total. The van der Waals surface area contributed by atoms with Gasteiger partial charge in [0, 0.05) is 11.3 Å². The van der Waals surface area contributed by atoms with Crippen molar-refractivity contribution in [2.75, 3.05) is 12.4 Å². The summed E-state index contributed by atoms with van der Waals surface area (Å²) >= 11 is 1.02. The van der Waals surface area contributed by atoms with E-state index in [1.54, 1.807) is 31.2 Å². The Morgan fingerprint density at radius 2 is 1.83 bits per heavy atom. The maximum absolute atomic E-state index is 13.5. The Hall–Kier alpha value is -4.25. The first-order valence-electron chi connectivity index (χ1n) is 10.6. The van der Waals surface area contributed by atoms with Crippen LogP contribution in [0.4, 0.5) is 9.93 Å². The molecule has 0 bridgehead atoms. The van der Waals surface area contributed by atoms with Gasteiger partial charge in [-0.2, -0.15) is 0 Å². The van der Waals surface area contributed by atoms with Crippen molar-refractivity contribution in [2.24, 2.45) is 0 Å². The maximum Gasteiger partial charge on any atom is 0.357 e. The van der Waals surface area contributed by atoms with Gasteiger partial charge in [0.1, 0.15) is 17.8 Å². The van der Waals surface area contributed by atoms with Crippen LogP contribution in [-0.2, 0) is 14.3 Å². The summed E-state index contributed by atoms with van der Waals surface area (Å²) in [6.45, 7) is 1.75. The number of aromatic nitrogens is 1. The smallest absolute Gasteiger partial charge is 0.357 e. The number of nitrogens with zero attached hydrogens (tertiary/aromatic N) is 2. The van der Waals surface area contributed by atoms with Crippen LogP contribution in [0.1, 0.15) is 40.5 Å². The van der Waals surface area contributed by atoms with Crippen LogP contribution >= 0.6 is 11.3 Å². The van der Waals surface area contributed by atoms with Gasteiger partial charge in [0.15, 0.2) is 10.8 Å². The largest absolute Gasteiger partial charge is 0.508 e. The first kappa shape index (κ1) is 23.9. The van der Waals surface area contributed by atoms with E-state index in [0.29, 0.717) is 5.56 Å². The van der Waals surface area contributed by atoms with Gasteiger partial charge < -0.3 is 20.5 Å². The number of phenolic OH excluding ortho intramolecular Hbond substituents is 1. The third-order valence-corrected chi connectivity index (χ3v) is 6.43.